The Bertz CT molecular complexity index is 1120. The molecule has 2 rings (SSSR count). The second-order valence-corrected chi connectivity index (χ2v) is 15.4. The Morgan fingerprint density at radius 2 is 1.62 bits per heavy atom. The van der Waals surface area contributed by atoms with Gasteiger partial charge in [0.05, 0.1) is 18.1 Å². The fourth-order valence-electron chi connectivity index (χ4n) is 7.97. The predicted molar refractivity (Wildman–Crippen MR) is 161 cm³/mol. The summed E-state index contributed by atoms with van der Waals surface area (Å²) in [6.07, 6.45) is 10.7. The summed E-state index contributed by atoms with van der Waals surface area (Å²) in [5.41, 5.74) is -1.21. The molecule has 0 saturated heterocycles. The molecule has 0 unspecified atom stereocenters. The van der Waals surface area contributed by atoms with E-state index >= 15 is 0 Å². The lowest BCUT2D eigenvalue weighted by Gasteiger charge is -2.61. The highest BCUT2D eigenvalue weighted by Gasteiger charge is 2.61. The van der Waals surface area contributed by atoms with Gasteiger partial charge in [0.15, 0.2) is 11.6 Å². The second-order valence-electron chi connectivity index (χ2n) is 15.4. The van der Waals surface area contributed by atoms with Gasteiger partial charge < -0.3 is 4.74 Å². The van der Waals surface area contributed by atoms with Crippen molar-refractivity contribution in [2.24, 2.45) is 38.4 Å². The van der Waals surface area contributed by atoms with Crippen molar-refractivity contribution in [3.8, 4) is 6.07 Å². The van der Waals surface area contributed by atoms with Crippen LogP contribution in [0.4, 0.5) is 0 Å². The third kappa shape index (κ3) is 6.17. The number of carbonyl (C=O) groups excluding carboxylic acids is 3. The van der Waals surface area contributed by atoms with Crippen molar-refractivity contribution in [2.75, 3.05) is 7.11 Å². The standard InChI is InChI=1S/C35H55NO4/c1-13-15-30(3,4)17-19-33(9,29(39)40-12)20-18-31(5,6)35(11)16-14-26-32(7,8)28(38)25(23-36)22-34(26,10)27(35)21-24(2)37/h21-22,26H,13-20H2,1-12H3/b27-21-/t26-,33-,34-,35+/m0/s1. The van der Waals surface area contributed by atoms with E-state index in [2.05, 4.69) is 54.5 Å². The molecular weight excluding hydrogens is 498 g/mol. The molecule has 0 aromatic heterocycles. The maximum absolute atomic E-state index is 13.2. The number of hydrogen-bond acceptors (Lipinski definition) is 5. The lowest BCUT2D eigenvalue weighted by molar-refractivity contribution is -0.153. The monoisotopic (exact) mass is 553 g/mol. The minimum atomic E-state index is -0.704. The number of ether oxygens (including phenoxy) is 1. The fraction of sp³-hybridized carbons (Fsp3) is 0.771. The van der Waals surface area contributed by atoms with Crippen molar-refractivity contribution in [1.82, 2.24) is 0 Å². The largest absolute Gasteiger partial charge is 0.469 e. The van der Waals surface area contributed by atoms with Crippen molar-refractivity contribution in [3.63, 3.8) is 0 Å². The van der Waals surface area contributed by atoms with Gasteiger partial charge in [0.25, 0.3) is 0 Å². The van der Waals surface area contributed by atoms with Crippen molar-refractivity contribution in [2.45, 2.75) is 128 Å². The Morgan fingerprint density at radius 1 is 1.05 bits per heavy atom. The molecule has 4 atom stereocenters. The molecule has 0 amide bonds. The molecule has 5 nitrogen and oxygen atoms in total. The Hall–Kier alpha value is -2.22. The molecular formula is C35H55NO4. The minimum absolute atomic E-state index is 0.0137. The van der Waals surface area contributed by atoms with Gasteiger partial charge in [-0.25, -0.2) is 0 Å². The Labute approximate surface area is 244 Å². The minimum Gasteiger partial charge on any atom is -0.469 e. The van der Waals surface area contributed by atoms with Crippen LogP contribution in [0.3, 0.4) is 0 Å². The maximum atomic E-state index is 13.2. The topological polar surface area (TPSA) is 84.2 Å². The highest BCUT2D eigenvalue weighted by Crippen LogP contribution is 2.67. The summed E-state index contributed by atoms with van der Waals surface area (Å²) < 4.78 is 5.33. The van der Waals surface area contributed by atoms with Crippen LogP contribution in [-0.4, -0.2) is 24.6 Å². The lowest BCUT2D eigenvalue weighted by Crippen LogP contribution is -2.55. The zero-order chi connectivity index (χ0) is 30.9. The molecule has 0 aliphatic heterocycles. The van der Waals surface area contributed by atoms with Gasteiger partial charge in [-0.1, -0.05) is 80.4 Å². The van der Waals surface area contributed by atoms with Gasteiger partial charge in [-0.15, -0.1) is 0 Å². The molecule has 40 heavy (non-hydrogen) atoms. The first-order chi connectivity index (χ1) is 18.2. The number of hydrogen-bond donors (Lipinski definition) is 0. The van der Waals surface area contributed by atoms with E-state index in [4.69, 9.17) is 4.74 Å². The Morgan fingerprint density at radius 3 is 2.12 bits per heavy atom. The van der Waals surface area contributed by atoms with Crippen molar-refractivity contribution in [1.29, 1.82) is 5.26 Å². The number of nitriles is 1. The normalized spacial score (nSPS) is 29.2. The second kappa shape index (κ2) is 11.6. The molecule has 0 bridgehead atoms. The summed E-state index contributed by atoms with van der Waals surface area (Å²) in [5.74, 6) is -0.314. The number of allylic oxidation sites excluding steroid dienone is 4. The van der Waals surface area contributed by atoms with E-state index in [9.17, 15) is 19.6 Å². The summed E-state index contributed by atoms with van der Waals surface area (Å²) in [6, 6.07) is 2.15. The third-order valence-corrected chi connectivity index (χ3v) is 11.2. The van der Waals surface area contributed by atoms with E-state index in [0.29, 0.717) is 6.42 Å². The third-order valence-electron chi connectivity index (χ3n) is 11.2. The number of fused-ring (bicyclic) bond motifs is 1. The summed E-state index contributed by atoms with van der Waals surface area (Å²) in [7, 11) is 1.48. The fourth-order valence-corrected chi connectivity index (χ4v) is 7.97. The first-order valence-corrected chi connectivity index (χ1v) is 15.2. The van der Waals surface area contributed by atoms with Crippen molar-refractivity contribution < 1.29 is 19.1 Å². The SMILES string of the molecule is CCCC(C)(C)CC[C@@](C)(CCC(C)(C)[C@]1(C)CC[C@H]2C(C)(C)C(=O)C(C#N)=C[C@]2(C)/C1=C/C(C)=O)C(=O)OC. The number of methoxy groups -OCH3 is 1. The predicted octanol–water partition coefficient (Wildman–Crippen LogP) is 8.58. The molecule has 5 heteroatoms. The number of nitrogens with zero attached hydrogens (tertiary/aromatic N) is 1. The van der Waals surface area contributed by atoms with E-state index in [1.54, 1.807) is 13.0 Å². The molecule has 0 aromatic rings. The summed E-state index contributed by atoms with van der Waals surface area (Å²) in [4.78, 5) is 39.1. The smallest absolute Gasteiger partial charge is 0.311 e. The maximum Gasteiger partial charge on any atom is 0.311 e. The van der Waals surface area contributed by atoms with Gasteiger partial charge in [-0.2, -0.15) is 5.26 Å². The van der Waals surface area contributed by atoms with Crippen LogP contribution in [0.2, 0.25) is 0 Å². The zero-order valence-corrected chi connectivity index (χ0v) is 27.5. The van der Waals surface area contributed by atoms with E-state index in [-0.39, 0.29) is 45.3 Å². The van der Waals surface area contributed by atoms with Crippen LogP contribution in [0, 0.1) is 49.7 Å². The number of Topliss-reactive ketones (excluding diaryl/α,β-unsaturated/α-hetero) is 1. The molecule has 224 valence electrons. The lowest BCUT2D eigenvalue weighted by atomic mass is 9.42. The van der Waals surface area contributed by atoms with Crippen LogP contribution >= 0.6 is 0 Å². The first kappa shape index (κ1) is 34.0. The number of carbonyl (C=O) groups is 3. The van der Waals surface area contributed by atoms with Crippen LogP contribution in [0.1, 0.15) is 128 Å². The van der Waals surface area contributed by atoms with Crippen molar-refractivity contribution in [3.05, 3.63) is 23.3 Å². The van der Waals surface area contributed by atoms with E-state index in [1.165, 1.54) is 7.11 Å². The van der Waals surface area contributed by atoms with Crippen LogP contribution < -0.4 is 0 Å². The Balaban J connectivity index is 2.55. The first-order valence-electron chi connectivity index (χ1n) is 15.2. The molecule has 0 heterocycles. The molecule has 1 fully saturated rings. The van der Waals surface area contributed by atoms with Gasteiger partial charge in [-0.3, -0.25) is 14.4 Å². The van der Waals surface area contributed by atoms with Gasteiger partial charge in [0.2, 0.25) is 0 Å². The molecule has 1 saturated carbocycles. The molecule has 2 aliphatic rings. The van der Waals surface area contributed by atoms with E-state index in [1.807, 2.05) is 26.8 Å². The number of rotatable bonds is 11. The molecule has 0 spiro atoms. The molecule has 0 N–H and O–H groups in total. The highest BCUT2D eigenvalue weighted by molar-refractivity contribution is 6.04. The van der Waals surface area contributed by atoms with E-state index in [0.717, 1.165) is 50.5 Å². The summed E-state index contributed by atoms with van der Waals surface area (Å²) in [5, 5.41) is 9.88. The summed E-state index contributed by atoms with van der Waals surface area (Å²) in [6.45, 7) is 23.1. The van der Waals surface area contributed by atoms with Crippen molar-refractivity contribution >= 4 is 17.5 Å². The van der Waals surface area contributed by atoms with Gasteiger partial charge in [0, 0.05) is 10.8 Å². The van der Waals surface area contributed by atoms with Crippen LogP contribution in [0.15, 0.2) is 23.3 Å². The highest BCUT2D eigenvalue weighted by atomic mass is 16.5. The zero-order valence-electron chi connectivity index (χ0n) is 27.5. The molecule has 2 aliphatic carbocycles. The van der Waals surface area contributed by atoms with Gasteiger partial charge >= 0.3 is 5.97 Å². The Kier molecular flexibility index (Phi) is 9.83. The summed E-state index contributed by atoms with van der Waals surface area (Å²) >= 11 is 0. The van der Waals surface area contributed by atoms with Crippen LogP contribution in [-0.2, 0) is 19.1 Å². The average molecular weight is 554 g/mol. The van der Waals surface area contributed by atoms with Gasteiger partial charge in [-0.05, 0) is 87.0 Å². The van der Waals surface area contributed by atoms with Crippen LogP contribution in [0.5, 0.6) is 0 Å². The van der Waals surface area contributed by atoms with E-state index < -0.39 is 16.2 Å². The van der Waals surface area contributed by atoms with Gasteiger partial charge in [0.1, 0.15) is 6.07 Å². The van der Waals surface area contributed by atoms with Crippen LogP contribution in [0.25, 0.3) is 0 Å². The number of ketones is 2. The number of esters is 1. The average Bonchev–Trinajstić information content (AvgIpc) is 2.85. The molecule has 0 radical (unpaired) electrons. The molecule has 0 aromatic carbocycles. The quantitative estimate of drug-likeness (QED) is 0.189.